The molecule has 1 aliphatic heterocycles. The molecule has 0 fully saturated rings. The number of para-hydroxylation sites is 1. The van der Waals surface area contributed by atoms with E-state index in [1.54, 1.807) is 0 Å². The highest BCUT2D eigenvalue weighted by Gasteiger charge is 2.13. The van der Waals surface area contributed by atoms with Gasteiger partial charge in [-0.1, -0.05) is 34.1 Å². The maximum Gasteiger partial charge on any atom is 0.134 e. The van der Waals surface area contributed by atoms with Crippen LogP contribution in [-0.4, -0.2) is 16.6 Å². The van der Waals surface area contributed by atoms with Gasteiger partial charge in [0.25, 0.3) is 0 Å². The van der Waals surface area contributed by atoms with Crippen LogP contribution in [0.25, 0.3) is 22.7 Å². The predicted molar refractivity (Wildman–Crippen MR) is 88.2 cm³/mol. The summed E-state index contributed by atoms with van der Waals surface area (Å²) in [5, 5.41) is 0. The van der Waals surface area contributed by atoms with Crippen molar-refractivity contribution in [2.24, 2.45) is 0 Å². The highest BCUT2D eigenvalue weighted by Crippen LogP contribution is 2.30. The first-order valence-electron chi connectivity index (χ1n) is 6.88. The molecule has 0 atom stereocenters. The Balaban J connectivity index is 1.82. The monoisotopic (exact) mass is 340 g/mol. The molecule has 4 rings (SSSR count). The Bertz CT molecular complexity index is 851. The standard InChI is InChI=1S/C17H13BrN2O/c18-13-5-6-14-15(10-13)20-17(19-14)12-7-8-21-16-4-2-1-3-11(16)9-12/h1-6,9-10H,7-8H2,(H,19,20). The molecule has 0 radical (unpaired) electrons. The van der Waals surface area contributed by atoms with Crippen LogP contribution in [0.4, 0.5) is 0 Å². The predicted octanol–water partition coefficient (Wildman–Crippen LogP) is 4.65. The summed E-state index contributed by atoms with van der Waals surface area (Å²) in [6, 6.07) is 14.2. The number of aromatic nitrogens is 2. The molecule has 2 aromatic carbocycles. The highest BCUT2D eigenvalue weighted by atomic mass is 79.9. The summed E-state index contributed by atoms with van der Waals surface area (Å²) in [4.78, 5) is 8.09. The minimum Gasteiger partial charge on any atom is -0.493 e. The largest absolute Gasteiger partial charge is 0.493 e. The fourth-order valence-electron chi connectivity index (χ4n) is 2.58. The highest BCUT2D eigenvalue weighted by molar-refractivity contribution is 9.10. The van der Waals surface area contributed by atoms with Gasteiger partial charge in [0, 0.05) is 16.5 Å². The molecule has 1 aromatic heterocycles. The normalized spacial score (nSPS) is 14.2. The molecular formula is C17H13BrN2O. The molecule has 0 saturated heterocycles. The Morgan fingerprint density at radius 3 is 3.00 bits per heavy atom. The fourth-order valence-corrected chi connectivity index (χ4v) is 2.94. The number of ether oxygens (including phenoxy) is 1. The van der Waals surface area contributed by atoms with Crippen LogP contribution < -0.4 is 4.74 Å². The van der Waals surface area contributed by atoms with Crippen LogP contribution in [0.1, 0.15) is 17.8 Å². The second-order valence-electron chi connectivity index (χ2n) is 5.05. The van der Waals surface area contributed by atoms with Gasteiger partial charge < -0.3 is 9.72 Å². The number of imidazole rings is 1. The zero-order valence-electron chi connectivity index (χ0n) is 11.3. The first-order valence-corrected chi connectivity index (χ1v) is 7.67. The minimum atomic E-state index is 0.670. The molecule has 3 aromatic rings. The van der Waals surface area contributed by atoms with Gasteiger partial charge in [0.05, 0.1) is 17.6 Å². The second-order valence-corrected chi connectivity index (χ2v) is 5.97. The van der Waals surface area contributed by atoms with Crippen LogP contribution in [0.5, 0.6) is 5.75 Å². The van der Waals surface area contributed by atoms with E-state index in [4.69, 9.17) is 9.72 Å². The summed E-state index contributed by atoms with van der Waals surface area (Å²) in [6.45, 7) is 0.670. The van der Waals surface area contributed by atoms with E-state index in [0.29, 0.717) is 6.61 Å². The number of benzene rings is 2. The first kappa shape index (κ1) is 12.7. The zero-order chi connectivity index (χ0) is 14.2. The van der Waals surface area contributed by atoms with E-state index >= 15 is 0 Å². The van der Waals surface area contributed by atoms with Crippen molar-refractivity contribution in [1.29, 1.82) is 0 Å². The number of nitrogens with one attached hydrogen (secondary N) is 1. The number of hydrogen-bond acceptors (Lipinski definition) is 2. The van der Waals surface area contributed by atoms with Crippen LogP contribution in [0.15, 0.2) is 46.9 Å². The topological polar surface area (TPSA) is 37.9 Å². The van der Waals surface area contributed by atoms with Crippen LogP contribution in [0.2, 0.25) is 0 Å². The van der Waals surface area contributed by atoms with Crippen LogP contribution in [0.3, 0.4) is 0 Å². The Morgan fingerprint density at radius 2 is 2.05 bits per heavy atom. The van der Waals surface area contributed by atoms with Crippen molar-refractivity contribution in [3.05, 3.63) is 58.3 Å². The number of fused-ring (bicyclic) bond motifs is 2. The molecule has 0 spiro atoms. The third-order valence-electron chi connectivity index (χ3n) is 3.63. The number of aromatic amines is 1. The van der Waals surface area contributed by atoms with Gasteiger partial charge in [0.2, 0.25) is 0 Å². The molecule has 0 amide bonds. The summed E-state index contributed by atoms with van der Waals surface area (Å²) >= 11 is 3.49. The summed E-state index contributed by atoms with van der Waals surface area (Å²) < 4.78 is 6.84. The zero-order valence-corrected chi connectivity index (χ0v) is 12.9. The molecule has 2 heterocycles. The summed E-state index contributed by atoms with van der Waals surface area (Å²) in [6.07, 6.45) is 3.00. The number of halogens is 1. The summed E-state index contributed by atoms with van der Waals surface area (Å²) in [5.41, 5.74) is 4.30. The average Bonchev–Trinajstić information content (AvgIpc) is 2.78. The van der Waals surface area contributed by atoms with Crippen LogP contribution in [-0.2, 0) is 0 Å². The van der Waals surface area contributed by atoms with Crippen molar-refractivity contribution in [2.75, 3.05) is 6.61 Å². The lowest BCUT2D eigenvalue weighted by molar-refractivity contribution is 0.328. The maximum absolute atomic E-state index is 5.79. The second kappa shape index (κ2) is 5.04. The molecule has 104 valence electrons. The molecule has 1 aliphatic rings. The number of nitrogens with zero attached hydrogens (tertiary/aromatic N) is 1. The first-order chi connectivity index (χ1) is 10.3. The molecule has 0 aliphatic carbocycles. The van der Waals surface area contributed by atoms with Crippen molar-refractivity contribution in [2.45, 2.75) is 6.42 Å². The van der Waals surface area contributed by atoms with Crippen molar-refractivity contribution in [3.8, 4) is 5.75 Å². The molecule has 4 heteroatoms. The molecule has 1 N–H and O–H groups in total. The molecule has 0 saturated carbocycles. The number of H-pyrrole nitrogens is 1. The Kier molecular flexibility index (Phi) is 3.04. The average molecular weight is 341 g/mol. The van der Waals surface area contributed by atoms with E-state index in [2.05, 4.69) is 33.1 Å². The van der Waals surface area contributed by atoms with Crippen LogP contribution in [0, 0.1) is 0 Å². The number of hydrogen-bond donors (Lipinski definition) is 1. The van der Waals surface area contributed by atoms with Crippen molar-refractivity contribution in [1.82, 2.24) is 9.97 Å². The van der Waals surface area contributed by atoms with E-state index in [0.717, 1.165) is 39.1 Å². The number of rotatable bonds is 1. The van der Waals surface area contributed by atoms with Gasteiger partial charge in [-0.3, -0.25) is 0 Å². The Hall–Kier alpha value is -2.07. The van der Waals surface area contributed by atoms with Crippen molar-refractivity contribution < 1.29 is 4.74 Å². The van der Waals surface area contributed by atoms with Gasteiger partial charge in [-0.25, -0.2) is 4.98 Å². The molecule has 21 heavy (non-hydrogen) atoms. The van der Waals surface area contributed by atoms with Gasteiger partial charge >= 0.3 is 0 Å². The van der Waals surface area contributed by atoms with E-state index in [9.17, 15) is 0 Å². The van der Waals surface area contributed by atoms with Crippen molar-refractivity contribution >= 4 is 38.6 Å². The third-order valence-corrected chi connectivity index (χ3v) is 4.12. The van der Waals surface area contributed by atoms with E-state index < -0.39 is 0 Å². The lowest BCUT2D eigenvalue weighted by Gasteiger charge is -2.04. The minimum absolute atomic E-state index is 0.670. The lowest BCUT2D eigenvalue weighted by atomic mass is 10.1. The fraction of sp³-hybridized carbons (Fsp3) is 0.118. The molecule has 0 unspecified atom stereocenters. The van der Waals surface area contributed by atoms with Gasteiger partial charge in [-0.2, -0.15) is 0 Å². The SMILES string of the molecule is Brc1ccc2nc(C3=Cc4ccccc4OCC3)[nH]c2c1. The van der Waals surface area contributed by atoms with Crippen LogP contribution >= 0.6 is 15.9 Å². The third kappa shape index (κ3) is 2.36. The molecule has 3 nitrogen and oxygen atoms in total. The van der Waals surface area contributed by atoms with E-state index in [1.165, 1.54) is 5.57 Å². The maximum atomic E-state index is 5.79. The van der Waals surface area contributed by atoms with Gasteiger partial charge in [-0.05, 0) is 35.9 Å². The summed E-state index contributed by atoms with van der Waals surface area (Å²) in [5.74, 6) is 1.86. The van der Waals surface area contributed by atoms with Gasteiger partial charge in [0.15, 0.2) is 0 Å². The smallest absolute Gasteiger partial charge is 0.134 e. The quantitative estimate of drug-likeness (QED) is 0.700. The Labute approximate surface area is 130 Å². The lowest BCUT2D eigenvalue weighted by Crippen LogP contribution is -1.97. The van der Waals surface area contributed by atoms with E-state index in [1.807, 2.05) is 36.4 Å². The van der Waals surface area contributed by atoms with E-state index in [-0.39, 0.29) is 0 Å². The molecule has 0 bridgehead atoms. The van der Waals surface area contributed by atoms with Gasteiger partial charge in [-0.15, -0.1) is 0 Å². The molecular weight excluding hydrogens is 328 g/mol. The summed E-state index contributed by atoms with van der Waals surface area (Å²) in [7, 11) is 0. The van der Waals surface area contributed by atoms with Gasteiger partial charge in [0.1, 0.15) is 11.6 Å². The van der Waals surface area contributed by atoms with Crippen molar-refractivity contribution in [3.63, 3.8) is 0 Å². The Morgan fingerprint density at radius 1 is 1.14 bits per heavy atom.